The van der Waals surface area contributed by atoms with Crippen molar-refractivity contribution in [2.75, 3.05) is 24.3 Å². The molecule has 1 unspecified atom stereocenters. The van der Waals surface area contributed by atoms with Gasteiger partial charge in [-0.2, -0.15) is 0 Å². The molecule has 0 aliphatic heterocycles. The van der Waals surface area contributed by atoms with Crippen LogP contribution in [0, 0.1) is 5.82 Å². The van der Waals surface area contributed by atoms with Gasteiger partial charge in [-0.25, -0.2) is 17.5 Å². The molecule has 0 saturated carbocycles. The molecule has 9 heteroatoms. The van der Waals surface area contributed by atoms with Gasteiger partial charge in [0.25, 0.3) is 0 Å². The number of nitrogens with two attached hydrogens (primary N) is 1. The van der Waals surface area contributed by atoms with Gasteiger partial charge >= 0.3 is 0 Å². The van der Waals surface area contributed by atoms with E-state index in [9.17, 15) is 17.0 Å². The largest absolute Gasteiger partial charge is 0.399 e. The number of hydrogen-bond acceptors (Lipinski definition) is 4. The minimum Gasteiger partial charge on any atom is -0.399 e. The number of nitrogens with one attached hydrogen (secondary N) is 1. The molecule has 1 atom stereocenters. The maximum Gasteiger partial charge on any atom is 0.243 e. The third-order valence-electron chi connectivity index (χ3n) is 2.21. The summed E-state index contributed by atoms with van der Waals surface area (Å²) in [6.45, 7) is 0.0910. The van der Waals surface area contributed by atoms with E-state index in [4.69, 9.17) is 5.73 Å². The molecule has 19 heavy (non-hydrogen) atoms. The molecule has 0 fully saturated rings. The van der Waals surface area contributed by atoms with Crippen LogP contribution < -0.4 is 10.5 Å². The molecule has 3 N–H and O–H groups in total. The summed E-state index contributed by atoms with van der Waals surface area (Å²) >= 11 is 2.90. The highest BCUT2D eigenvalue weighted by atomic mass is 79.9. The zero-order valence-electron chi connectivity index (χ0n) is 10.2. The monoisotopic (exact) mass is 372 g/mol. The molecule has 0 amide bonds. The van der Waals surface area contributed by atoms with E-state index in [1.165, 1.54) is 12.3 Å². The first-order valence-corrected chi connectivity index (χ1v) is 9.28. The lowest BCUT2D eigenvalue weighted by molar-refractivity contribution is 0.554. The molecule has 0 aliphatic rings. The molecule has 0 radical (unpaired) electrons. The van der Waals surface area contributed by atoms with E-state index in [1.54, 1.807) is 0 Å². The van der Waals surface area contributed by atoms with Gasteiger partial charge in [-0.1, -0.05) is 0 Å². The van der Waals surface area contributed by atoms with Gasteiger partial charge in [0, 0.05) is 35.0 Å². The maximum atomic E-state index is 13.7. The van der Waals surface area contributed by atoms with Crippen molar-refractivity contribution < 1.29 is 17.0 Å². The van der Waals surface area contributed by atoms with E-state index in [0.29, 0.717) is 12.2 Å². The molecule has 1 aromatic carbocycles. The van der Waals surface area contributed by atoms with Crippen LogP contribution in [0.3, 0.4) is 0 Å². The van der Waals surface area contributed by atoms with Crippen molar-refractivity contribution in [3.8, 4) is 0 Å². The summed E-state index contributed by atoms with van der Waals surface area (Å²) in [6.07, 6.45) is 1.94. The first-order chi connectivity index (χ1) is 8.74. The molecule has 1 rings (SSSR count). The predicted molar refractivity (Wildman–Crippen MR) is 77.3 cm³/mol. The summed E-state index contributed by atoms with van der Waals surface area (Å²) in [6, 6.07) is 2.34. The number of anilines is 1. The summed E-state index contributed by atoms with van der Waals surface area (Å²) in [5, 5.41) is 0. The van der Waals surface area contributed by atoms with Crippen molar-refractivity contribution in [2.45, 2.75) is 11.3 Å². The van der Waals surface area contributed by atoms with E-state index < -0.39 is 31.5 Å². The smallest absolute Gasteiger partial charge is 0.243 e. The quantitative estimate of drug-likeness (QED) is 0.580. The van der Waals surface area contributed by atoms with E-state index in [2.05, 4.69) is 20.7 Å². The lowest BCUT2D eigenvalue weighted by atomic mass is 10.3. The Morgan fingerprint density at radius 3 is 2.68 bits per heavy atom. The second-order valence-electron chi connectivity index (χ2n) is 3.84. The number of sulfonamides is 1. The maximum absolute atomic E-state index is 13.7. The molecule has 108 valence electrons. The number of halogens is 2. The molecule has 1 aromatic rings. The Kier molecular flexibility index (Phi) is 5.90. The van der Waals surface area contributed by atoms with Crippen molar-refractivity contribution in [1.82, 2.24) is 4.72 Å². The van der Waals surface area contributed by atoms with Crippen LogP contribution in [0.2, 0.25) is 0 Å². The summed E-state index contributed by atoms with van der Waals surface area (Å²) in [4.78, 5) is -0.503. The van der Waals surface area contributed by atoms with Crippen LogP contribution in [0.15, 0.2) is 21.5 Å². The fraction of sp³-hybridized carbons (Fsp3) is 0.400. The predicted octanol–water partition coefficient (Wildman–Crippen LogP) is 1.22. The highest BCUT2D eigenvalue weighted by molar-refractivity contribution is 9.10. The number of benzene rings is 1. The van der Waals surface area contributed by atoms with Crippen LogP contribution in [0.25, 0.3) is 0 Å². The number of hydrogen-bond donors (Lipinski definition) is 2. The molecule has 0 saturated heterocycles. The molecule has 0 bridgehead atoms. The Balaban J connectivity index is 2.86. The Labute approximate surface area is 122 Å². The zero-order chi connectivity index (χ0) is 14.6. The standard InChI is InChI=1S/C10H14BrFN2O3S2/c1-18(15)4-2-3-14-19(16,17)9-6-7(13)5-8(11)10(9)12/h5-6,14H,2-4,13H2,1H3. The minimum absolute atomic E-state index is 0.0115. The molecule has 0 aliphatic carbocycles. The van der Waals surface area contributed by atoms with Gasteiger partial charge in [0.1, 0.15) is 4.90 Å². The number of rotatable bonds is 6. The van der Waals surface area contributed by atoms with Crippen molar-refractivity contribution >= 4 is 42.4 Å². The molecule has 5 nitrogen and oxygen atoms in total. The lowest BCUT2D eigenvalue weighted by Crippen LogP contribution is -2.26. The SMILES string of the molecule is CS(=O)CCCNS(=O)(=O)c1cc(N)cc(Br)c1F. The lowest BCUT2D eigenvalue weighted by Gasteiger charge is -2.09. The van der Waals surface area contributed by atoms with Crippen molar-refractivity contribution in [3.05, 3.63) is 22.4 Å². The van der Waals surface area contributed by atoms with Gasteiger partial charge in [0.05, 0.1) is 4.47 Å². The summed E-state index contributed by atoms with van der Waals surface area (Å²) in [7, 11) is -4.95. The fourth-order valence-electron chi connectivity index (χ4n) is 1.34. The third kappa shape index (κ3) is 4.83. The summed E-state index contributed by atoms with van der Waals surface area (Å²) in [5.41, 5.74) is 5.63. The van der Waals surface area contributed by atoms with Gasteiger partial charge in [-0.3, -0.25) is 4.21 Å². The number of nitrogen functional groups attached to an aromatic ring is 1. The average Bonchev–Trinajstić information content (AvgIpc) is 2.29. The van der Waals surface area contributed by atoms with Crippen LogP contribution in [-0.2, 0) is 20.8 Å². The Morgan fingerprint density at radius 2 is 2.11 bits per heavy atom. The van der Waals surface area contributed by atoms with Gasteiger partial charge < -0.3 is 5.73 Å². The summed E-state index contributed by atoms with van der Waals surface area (Å²) < 4.78 is 50.6. The van der Waals surface area contributed by atoms with E-state index in [-0.39, 0.29) is 16.7 Å². The molecular weight excluding hydrogens is 359 g/mol. The van der Waals surface area contributed by atoms with E-state index in [1.807, 2.05) is 0 Å². The van der Waals surface area contributed by atoms with Crippen molar-refractivity contribution in [3.63, 3.8) is 0 Å². The van der Waals surface area contributed by atoms with Crippen molar-refractivity contribution in [2.24, 2.45) is 0 Å². The van der Waals surface area contributed by atoms with Crippen LogP contribution in [0.1, 0.15) is 6.42 Å². The average molecular weight is 373 g/mol. The highest BCUT2D eigenvalue weighted by Gasteiger charge is 2.21. The van der Waals surface area contributed by atoms with Crippen LogP contribution in [0.5, 0.6) is 0 Å². The molecule has 0 heterocycles. The second kappa shape index (κ2) is 6.78. The van der Waals surface area contributed by atoms with Crippen LogP contribution in [0.4, 0.5) is 10.1 Å². The fourth-order valence-corrected chi connectivity index (χ4v) is 3.70. The Bertz CT molecular complexity index is 593. The van der Waals surface area contributed by atoms with Gasteiger partial charge in [-0.15, -0.1) is 0 Å². The topological polar surface area (TPSA) is 89.3 Å². The van der Waals surface area contributed by atoms with E-state index in [0.717, 1.165) is 6.07 Å². The van der Waals surface area contributed by atoms with Crippen molar-refractivity contribution in [1.29, 1.82) is 0 Å². The first-order valence-electron chi connectivity index (χ1n) is 5.28. The third-order valence-corrected chi connectivity index (χ3v) is 5.11. The van der Waals surface area contributed by atoms with Crippen LogP contribution in [-0.4, -0.2) is 31.2 Å². The zero-order valence-corrected chi connectivity index (χ0v) is 13.4. The van der Waals surface area contributed by atoms with Crippen LogP contribution >= 0.6 is 15.9 Å². The molecular formula is C10H14BrFN2O3S2. The van der Waals surface area contributed by atoms with Gasteiger partial charge in [-0.05, 0) is 34.5 Å². The second-order valence-corrected chi connectivity index (χ2v) is 7.99. The first kappa shape index (κ1) is 16.5. The Hall–Kier alpha value is -0.510. The van der Waals surface area contributed by atoms with Gasteiger partial charge in [0.2, 0.25) is 10.0 Å². The normalized spacial score (nSPS) is 13.4. The highest BCUT2D eigenvalue weighted by Crippen LogP contribution is 2.25. The Morgan fingerprint density at radius 1 is 1.47 bits per heavy atom. The molecule has 0 spiro atoms. The minimum atomic E-state index is -3.97. The summed E-state index contributed by atoms with van der Waals surface area (Å²) in [5.74, 6) is -0.508. The van der Waals surface area contributed by atoms with E-state index >= 15 is 0 Å². The van der Waals surface area contributed by atoms with Gasteiger partial charge in [0.15, 0.2) is 5.82 Å². The molecule has 0 aromatic heterocycles.